The van der Waals surface area contributed by atoms with Gasteiger partial charge in [-0.3, -0.25) is 0 Å². The Morgan fingerprint density at radius 3 is 2.88 bits per heavy atom. The van der Waals surface area contributed by atoms with E-state index in [1.54, 1.807) is 6.20 Å². The molecule has 1 aliphatic carbocycles. The fourth-order valence-corrected chi connectivity index (χ4v) is 2.05. The topological polar surface area (TPSA) is 36.4 Å². The number of hydrogen-bond acceptors (Lipinski definition) is 3. The Bertz CT molecular complexity index is 379. The first-order chi connectivity index (χ1) is 7.63. The Morgan fingerprint density at radius 1 is 1.62 bits per heavy atom. The van der Waals surface area contributed by atoms with Gasteiger partial charge in [0.15, 0.2) is 0 Å². The maximum atomic E-state index is 9.15. The molecule has 16 heavy (non-hydrogen) atoms. The minimum absolute atomic E-state index is 0.0417. The normalized spacial score (nSPS) is 17.2. The molecular formula is C12H17ClN2O. The lowest BCUT2D eigenvalue weighted by molar-refractivity contribution is 0.282. The van der Waals surface area contributed by atoms with Gasteiger partial charge in [0.1, 0.15) is 5.82 Å². The van der Waals surface area contributed by atoms with E-state index in [4.69, 9.17) is 16.7 Å². The highest BCUT2D eigenvalue weighted by atomic mass is 35.5. The van der Waals surface area contributed by atoms with Gasteiger partial charge in [-0.15, -0.1) is 0 Å². The van der Waals surface area contributed by atoms with Crippen LogP contribution in [0, 0.1) is 5.92 Å². The molecule has 2 rings (SSSR count). The largest absolute Gasteiger partial charge is 0.392 e. The molecule has 1 fully saturated rings. The Morgan fingerprint density at radius 2 is 2.31 bits per heavy atom. The second-order valence-corrected chi connectivity index (χ2v) is 4.89. The molecule has 0 aromatic carbocycles. The summed E-state index contributed by atoms with van der Waals surface area (Å²) in [6, 6.07) is 2.36. The van der Waals surface area contributed by atoms with Crippen LogP contribution < -0.4 is 4.90 Å². The van der Waals surface area contributed by atoms with Crippen LogP contribution in [-0.4, -0.2) is 23.2 Å². The molecule has 1 atom stereocenters. The predicted molar refractivity (Wildman–Crippen MR) is 65.8 cm³/mol. The molecule has 0 radical (unpaired) electrons. The van der Waals surface area contributed by atoms with Gasteiger partial charge in [0.25, 0.3) is 0 Å². The average molecular weight is 241 g/mol. The molecule has 0 saturated heterocycles. The molecule has 1 saturated carbocycles. The van der Waals surface area contributed by atoms with Gasteiger partial charge in [-0.2, -0.15) is 0 Å². The summed E-state index contributed by atoms with van der Waals surface area (Å²) >= 11 is 5.91. The molecule has 1 aliphatic rings. The maximum Gasteiger partial charge on any atom is 0.128 e. The smallest absolute Gasteiger partial charge is 0.128 e. The number of halogens is 1. The molecule has 3 nitrogen and oxygen atoms in total. The number of hydrogen-bond donors (Lipinski definition) is 1. The quantitative estimate of drug-likeness (QED) is 0.879. The molecule has 0 bridgehead atoms. The first-order valence-corrected chi connectivity index (χ1v) is 5.99. The van der Waals surface area contributed by atoms with Crippen molar-refractivity contribution in [1.82, 2.24) is 4.98 Å². The molecule has 0 amide bonds. The zero-order valence-corrected chi connectivity index (χ0v) is 10.4. The van der Waals surface area contributed by atoms with Crippen LogP contribution in [0.25, 0.3) is 0 Å². The fraction of sp³-hybridized carbons (Fsp3) is 0.583. The number of pyridine rings is 1. The van der Waals surface area contributed by atoms with E-state index in [0.29, 0.717) is 11.1 Å². The number of aromatic nitrogens is 1. The van der Waals surface area contributed by atoms with Crippen molar-refractivity contribution in [1.29, 1.82) is 0 Å². The molecule has 0 spiro atoms. The third-order valence-corrected chi connectivity index (χ3v) is 3.71. The van der Waals surface area contributed by atoms with Crippen molar-refractivity contribution in [2.45, 2.75) is 32.4 Å². The summed E-state index contributed by atoms with van der Waals surface area (Å²) in [6.45, 7) is 2.17. The van der Waals surface area contributed by atoms with Crippen LogP contribution >= 0.6 is 11.6 Å². The highest BCUT2D eigenvalue weighted by molar-refractivity contribution is 6.31. The third-order valence-electron chi connectivity index (χ3n) is 3.37. The van der Waals surface area contributed by atoms with E-state index in [1.165, 1.54) is 12.8 Å². The molecule has 0 aliphatic heterocycles. The van der Waals surface area contributed by atoms with Crippen molar-refractivity contribution in [3.8, 4) is 0 Å². The molecule has 1 unspecified atom stereocenters. The lowest BCUT2D eigenvalue weighted by Gasteiger charge is -2.26. The van der Waals surface area contributed by atoms with Crippen molar-refractivity contribution in [2.24, 2.45) is 5.92 Å². The van der Waals surface area contributed by atoms with E-state index < -0.39 is 0 Å². The molecule has 1 N–H and O–H groups in total. The highest BCUT2D eigenvalue weighted by Crippen LogP contribution is 2.36. The van der Waals surface area contributed by atoms with Crippen molar-refractivity contribution in [3.05, 3.63) is 22.8 Å². The van der Waals surface area contributed by atoms with Gasteiger partial charge in [0.05, 0.1) is 11.6 Å². The van der Waals surface area contributed by atoms with Crippen molar-refractivity contribution < 1.29 is 5.11 Å². The molecule has 1 aromatic heterocycles. The monoisotopic (exact) mass is 240 g/mol. The lowest BCUT2D eigenvalue weighted by Crippen LogP contribution is -2.31. The van der Waals surface area contributed by atoms with E-state index in [1.807, 2.05) is 13.1 Å². The van der Waals surface area contributed by atoms with Crippen LogP contribution in [0.15, 0.2) is 12.3 Å². The van der Waals surface area contributed by atoms with Gasteiger partial charge in [-0.25, -0.2) is 4.98 Å². The van der Waals surface area contributed by atoms with Gasteiger partial charge < -0.3 is 10.0 Å². The van der Waals surface area contributed by atoms with E-state index in [2.05, 4.69) is 16.8 Å². The number of aliphatic hydroxyl groups is 1. The number of rotatable bonds is 4. The molecule has 88 valence electrons. The Kier molecular flexibility index (Phi) is 3.36. The molecule has 1 aromatic rings. The minimum atomic E-state index is -0.0417. The molecule has 4 heteroatoms. The SMILES string of the molecule is CC(C1CC1)N(C)c1cc(CO)c(Cl)cn1. The second kappa shape index (κ2) is 4.60. The minimum Gasteiger partial charge on any atom is -0.392 e. The van der Waals surface area contributed by atoms with E-state index >= 15 is 0 Å². The third kappa shape index (κ3) is 2.30. The predicted octanol–water partition coefficient (Wildman–Crippen LogP) is 2.46. The van der Waals surface area contributed by atoms with Crippen LogP contribution in [0.5, 0.6) is 0 Å². The average Bonchev–Trinajstić information content (AvgIpc) is 3.11. The van der Waals surface area contributed by atoms with E-state index in [-0.39, 0.29) is 6.61 Å². The van der Waals surface area contributed by atoms with Crippen molar-refractivity contribution in [2.75, 3.05) is 11.9 Å². The second-order valence-electron chi connectivity index (χ2n) is 4.48. The molecular weight excluding hydrogens is 224 g/mol. The van der Waals surface area contributed by atoms with Gasteiger partial charge in [0.2, 0.25) is 0 Å². The van der Waals surface area contributed by atoms with Gasteiger partial charge in [0, 0.05) is 24.8 Å². The van der Waals surface area contributed by atoms with Crippen LogP contribution in [-0.2, 0) is 6.61 Å². The summed E-state index contributed by atoms with van der Waals surface area (Å²) in [6.07, 6.45) is 4.23. The first kappa shape index (κ1) is 11.7. The summed E-state index contributed by atoms with van der Waals surface area (Å²) in [5.41, 5.74) is 0.738. The fourth-order valence-electron chi connectivity index (χ4n) is 1.89. The van der Waals surface area contributed by atoms with Gasteiger partial charge in [-0.1, -0.05) is 11.6 Å². The van der Waals surface area contributed by atoms with Crippen molar-refractivity contribution >= 4 is 17.4 Å². The first-order valence-electron chi connectivity index (χ1n) is 5.61. The van der Waals surface area contributed by atoms with Crippen molar-refractivity contribution in [3.63, 3.8) is 0 Å². The summed E-state index contributed by atoms with van der Waals surface area (Å²) in [5.74, 6) is 1.67. The summed E-state index contributed by atoms with van der Waals surface area (Å²) < 4.78 is 0. The zero-order chi connectivity index (χ0) is 11.7. The van der Waals surface area contributed by atoms with E-state index in [9.17, 15) is 0 Å². The van der Waals surface area contributed by atoms with E-state index in [0.717, 1.165) is 17.3 Å². The van der Waals surface area contributed by atoms with Crippen LogP contribution in [0.1, 0.15) is 25.3 Å². The Balaban J connectivity index is 2.18. The van der Waals surface area contributed by atoms with Gasteiger partial charge >= 0.3 is 0 Å². The van der Waals surface area contributed by atoms with Crippen LogP contribution in [0.4, 0.5) is 5.82 Å². The molecule has 1 heterocycles. The number of nitrogens with zero attached hydrogens (tertiary/aromatic N) is 2. The standard InChI is InChI=1S/C12H17ClN2O/c1-8(9-3-4-9)15(2)12-5-10(7-16)11(13)6-14-12/h5-6,8-9,16H,3-4,7H2,1-2H3. The van der Waals surface area contributed by atoms with Gasteiger partial charge in [-0.05, 0) is 31.7 Å². The number of anilines is 1. The highest BCUT2D eigenvalue weighted by Gasteiger charge is 2.31. The maximum absolute atomic E-state index is 9.15. The summed E-state index contributed by atoms with van der Waals surface area (Å²) in [5, 5.41) is 9.68. The summed E-state index contributed by atoms with van der Waals surface area (Å²) in [7, 11) is 2.04. The lowest BCUT2D eigenvalue weighted by atomic mass is 10.2. The van der Waals surface area contributed by atoms with Crippen LogP contribution in [0.2, 0.25) is 5.02 Å². The van der Waals surface area contributed by atoms with Crippen LogP contribution in [0.3, 0.4) is 0 Å². The zero-order valence-electron chi connectivity index (χ0n) is 9.65. The number of aliphatic hydroxyl groups excluding tert-OH is 1. The Hall–Kier alpha value is -0.800. The summed E-state index contributed by atoms with van der Waals surface area (Å²) in [4.78, 5) is 6.46. The Labute approximate surface area is 101 Å².